The molecule has 2 heteroatoms. The second kappa shape index (κ2) is 12.9. The first-order chi connectivity index (χ1) is 3.81. The molecule has 10 heavy (non-hydrogen) atoms. The van der Waals surface area contributed by atoms with E-state index in [-0.39, 0.29) is 39.0 Å². The normalized spacial score (nSPS) is 11.1. The van der Waals surface area contributed by atoms with Gasteiger partial charge in [-0.05, 0) is 0 Å². The second-order valence-corrected chi connectivity index (χ2v) is 2.42. The molecule has 0 aromatic heterocycles. The summed E-state index contributed by atoms with van der Waals surface area (Å²) in [6.45, 7) is 8.42. The average Bonchev–Trinajstić information content (AvgIpc) is 1.83. The summed E-state index contributed by atoms with van der Waals surface area (Å²) >= 11 is 0. The van der Waals surface area contributed by atoms with Gasteiger partial charge in [0.1, 0.15) is 0 Å². The quantitative estimate of drug-likeness (QED) is 0.526. The summed E-state index contributed by atoms with van der Waals surface area (Å²) in [4.78, 5) is 0. The first-order valence-electron chi connectivity index (χ1n) is 3.64. The van der Waals surface area contributed by atoms with Crippen LogP contribution in [0.25, 0.3) is 0 Å². The zero-order valence-corrected chi connectivity index (χ0v) is 13.5. The van der Waals surface area contributed by atoms with E-state index in [2.05, 4.69) is 20.8 Å². The van der Waals surface area contributed by atoms with Crippen molar-refractivity contribution in [3.05, 3.63) is 6.92 Å². The van der Waals surface area contributed by atoms with Crippen molar-refractivity contribution in [3.63, 3.8) is 0 Å². The zero-order chi connectivity index (χ0) is 6.41. The van der Waals surface area contributed by atoms with Crippen molar-refractivity contribution in [1.29, 1.82) is 0 Å². The molecule has 0 nitrogen and oxygen atoms in total. The molecule has 0 amide bonds. The summed E-state index contributed by atoms with van der Waals surface area (Å²) in [5, 5.41) is 0. The van der Waals surface area contributed by atoms with Crippen molar-refractivity contribution in [2.45, 2.75) is 39.5 Å². The van der Waals surface area contributed by atoms with Crippen molar-refractivity contribution in [2.24, 2.45) is 5.92 Å². The second-order valence-electron chi connectivity index (χ2n) is 2.42. The Morgan fingerprint density at radius 1 is 1.20 bits per heavy atom. The van der Waals surface area contributed by atoms with Gasteiger partial charge in [0.2, 0.25) is 0 Å². The summed E-state index contributed by atoms with van der Waals surface area (Å²) in [7, 11) is 0. The number of rotatable bonds is 4. The molecule has 1 atom stereocenters. The Labute approximate surface area is 91.1 Å². The van der Waals surface area contributed by atoms with Crippen molar-refractivity contribution >= 4 is 0 Å². The van der Waals surface area contributed by atoms with Gasteiger partial charge in [0.05, 0.1) is 0 Å². The van der Waals surface area contributed by atoms with Gasteiger partial charge >= 0.3 is 0 Å². The van der Waals surface area contributed by atoms with E-state index in [0.717, 1.165) is 0 Å². The molecule has 0 aromatic carbocycles. The van der Waals surface area contributed by atoms with Gasteiger partial charge in [-0.1, -0.05) is 39.5 Å². The average molecular weight is 244 g/mol. The maximum Gasteiger partial charge on any atom is 0 e. The van der Waals surface area contributed by atoms with Gasteiger partial charge in [0, 0.05) is 39.0 Å². The van der Waals surface area contributed by atoms with Crippen LogP contribution in [0.4, 0.5) is 0 Å². The van der Waals surface area contributed by atoms with E-state index in [0.29, 0.717) is 5.92 Å². The van der Waals surface area contributed by atoms with Gasteiger partial charge < -0.3 is 6.92 Å². The SMILES string of the molecule is [CH2-]C(CC)CCCC.[Zn].[Zn]. The van der Waals surface area contributed by atoms with Crippen LogP contribution in [0.15, 0.2) is 0 Å². The maximum absolute atomic E-state index is 3.99. The minimum absolute atomic E-state index is 0. The summed E-state index contributed by atoms with van der Waals surface area (Å²) in [6.07, 6.45) is 5.21. The van der Waals surface area contributed by atoms with Gasteiger partial charge in [0.25, 0.3) is 0 Å². The van der Waals surface area contributed by atoms with Crippen LogP contribution in [-0.4, -0.2) is 0 Å². The fourth-order valence-electron chi connectivity index (χ4n) is 0.697. The molecule has 0 aromatic rings. The molecule has 0 bridgehead atoms. The third-order valence-corrected chi connectivity index (χ3v) is 1.54. The molecular weight excluding hydrogens is 227 g/mol. The summed E-state index contributed by atoms with van der Waals surface area (Å²) in [5.74, 6) is 0.704. The van der Waals surface area contributed by atoms with E-state index in [9.17, 15) is 0 Å². The van der Waals surface area contributed by atoms with Crippen molar-refractivity contribution < 1.29 is 39.0 Å². The Hall–Kier alpha value is 1.25. The van der Waals surface area contributed by atoms with Gasteiger partial charge in [-0.25, -0.2) is 0 Å². The smallest absolute Gasteiger partial charge is 0 e. The third-order valence-electron chi connectivity index (χ3n) is 1.54. The molecule has 0 N–H and O–H groups in total. The largest absolute Gasteiger partial charge is 0.340 e. The first-order valence-corrected chi connectivity index (χ1v) is 3.64. The Bertz CT molecular complexity index is 46.5. The van der Waals surface area contributed by atoms with E-state index >= 15 is 0 Å². The predicted octanol–water partition coefficient (Wildman–Crippen LogP) is 3.03. The number of hydrogen-bond acceptors (Lipinski definition) is 0. The molecule has 1 unspecified atom stereocenters. The van der Waals surface area contributed by atoms with E-state index in [1.54, 1.807) is 0 Å². The van der Waals surface area contributed by atoms with E-state index in [1.165, 1.54) is 25.7 Å². The van der Waals surface area contributed by atoms with Crippen LogP contribution >= 0.6 is 0 Å². The standard InChI is InChI=1S/C8H17.2Zn/c1-4-6-7-8(3)5-2;;/h8H,3-7H2,1-2H3;;/q-1;;. The monoisotopic (exact) mass is 241 g/mol. The Kier molecular flexibility index (Phi) is 22.4. The van der Waals surface area contributed by atoms with Crippen LogP contribution in [-0.2, 0) is 39.0 Å². The minimum Gasteiger partial charge on any atom is -0.340 e. The van der Waals surface area contributed by atoms with Gasteiger partial charge in [-0.2, -0.15) is 5.92 Å². The van der Waals surface area contributed by atoms with Gasteiger partial charge in [-0.15, -0.1) is 0 Å². The van der Waals surface area contributed by atoms with Crippen molar-refractivity contribution in [2.75, 3.05) is 0 Å². The molecule has 0 radical (unpaired) electrons. The van der Waals surface area contributed by atoms with Crippen LogP contribution in [0.3, 0.4) is 0 Å². The third kappa shape index (κ3) is 12.0. The fourth-order valence-corrected chi connectivity index (χ4v) is 0.697. The molecule has 0 saturated carbocycles. The molecule has 0 rings (SSSR count). The van der Waals surface area contributed by atoms with E-state index < -0.39 is 0 Å². The number of hydrogen-bond donors (Lipinski definition) is 0. The summed E-state index contributed by atoms with van der Waals surface area (Å²) in [5.41, 5.74) is 0. The Morgan fingerprint density at radius 3 is 2.00 bits per heavy atom. The molecule has 0 aliphatic rings. The summed E-state index contributed by atoms with van der Waals surface area (Å²) < 4.78 is 0. The minimum atomic E-state index is 0. The Balaban J connectivity index is -0.000000245. The first kappa shape index (κ1) is 17.4. The van der Waals surface area contributed by atoms with Crippen LogP contribution in [0.1, 0.15) is 39.5 Å². The van der Waals surface area contributed by atoms with Crippen LogP contribution in [0.5, 0.6) is 0 Å². The van der Waals surface area contributed by atoms with Crippen LogP contribution < -0.4 is 0 Å². The molecule has 0 aliphatic heterocycles. The molecule has 0 spiro atoms. The molecule has 0 saturated heterocycles. The van der Waals surface area contributed by atoms with E-state index in [1.807, 2.05) is 0 Å². The van der Waals surface area contributed by atoms with Crippen molar-refractivity contribution in [1.82, 2.24) is 0 Å². The van der Waals surface area contributed by atoms with Crippen molar-refractivity contribution in [3.8, 4) is 0 Å². The molecular formula is C8H17Zn2-. The van der Waals surface area contributed by atoms with Gasteiger partial charge in [-0.3, -0.25) is 0 Å². The van der Waals surface area contributed by atoms with Gasteiger partial charge in [0.15, 0.2) is 0 Å². The molecule has 0 aliphatic carbocycles. The van der Waals surface area contributed by atoms with E-state index in [4.69, 9.17) is 0 Å². The number of unbranched alkanes of at least 4 members (excludes halogenated alkanes) is 1. The predicted molar refractivity (Wildman–Crippen MR) is 38.7 cm³/mol. The maximum atomic E-state index is 3.99. The fraction of sp³-hybridized carbons (Fsp3) is 0.875. The zero-order valence-electron chi connectivity index (χ0n) is 7.53. The topological polar surface area (TPSA) is 0 Å². The molecule has 54 valence electrons. The molecule has 0 fully saturated rings. The summed E-state index contributed by atoms with van der Waals surface area (Å²) in [6, 6.07) is 0. The molecule has 0 heterocycles. The van der Waals surface area contributed by atoms with Crippen LogP contribution in [0, 0.1) is 12.8 Å². The van der Waals surface area contributed by atoms with Crippen LogP contribution in [0.2, 0.25) is 0 Å². The Morgan fingerprint density at radius 2 is 1.70 bits per heavy atom.